The van der Waals surface area contributed by atoms with Crippen LogP contribution in [0.4, 0.5) is 0 Å². The van der Waals surface area contributed by atoms with Gasteiger partial charge in [-0.25, -0.2) is 0 Å². The number of aliphatic hydroxyl groups is 2. The number of hydrogen-bond donors (Lipinski definition) is 2. The quantitative estimate of drug-likeness (QED) is 0.731. The number of hydrogen-bond acceptors (Lipinski definition) is 3. The zero-order valence-electron chi connectivity index (χ0n) is 16.8. The Labute approximate surface area is 163 Å². The Morgan fingerprint density at radius 1 is 1.04 bits per heavy atom. The Kier molecular flexibility index (Phi) is 3.36. The van der Waals surface area contributed by atoms with E-state index in [0.29, 0.717) is 28.6 Å². The molecule has 6 fully saturated rings. The molecule has 0 amide bonds. The zero-order valence-corrected chi connectivity index (χ0v) is 16.8. The third-order valence-electron chi connectivity index (χ3n) is 11.6. The Morgan fingerprint density at radius 2 is 1.89 bits per heavy atom. The van der Waals surface area contributed by atoms with Gasteiger partial charge in [-0.3, -0.25) is 0 Å². The van der Waals surface area contributed by atoms with Gasteiger partial charge in [0.2, 0.25) is 0 Å². The van der Waals surface area contributed by atoms with Crippen molar-refractivity contribution in [3.63, 3.8) is 0 Å². The molecular formula is C24H36O3. The average molecular weight is 373 g/mol. The Bertz CT molecular complexity index is 677. The lowest BCUT2D eigenvalue weighted by Gasteiger charge is -2.54. The van der Waals surface area contributed by atoms with Crippen molar-refractivity contribution < 1.29 is 15.0 Å². The minimum atomic E-state index is -0.120. The molecule has 10 unspecified atom stereocenters. The van der Waals surface area contributed by atoms with E-state index in [9.17, 15) is 15.0 Å². The first-order chi connectivity index (χ1) is 13.0. The van der Waals surface area contributed by atoms with E-state index in [0.717, 1.165) is 49.7 Å². The number of aliphatic hydroxyl groups excluding tert-OH is 2. The molecule has 6 rings (SSSR count). The third-order valence-corrected chi connectivity index (χ3v) is 11.6. The maximum absolute atomic E-state index is 11.6. The van der Waals surface area contributed by atoms with Gasteiger partial charge in [-0.2, -0.15) is 0 Å². The number of carbonyl (C=O) groups excluding carboxylic acids is 1. The van der Waals surface area contributed by atoms with Crippen LogP contribution in [0.1, 0.15) is 84.0 Å². The van der Waals surface area contributed by atoms with E-state index in [1.54, 1.807) is 0 Å². The van der Waals surface area contributed by atoms with Crippen molar-refractivity contribution in [1.29, 1.82) is 0 Å². The lowest BCUT2D eigenvalue weighted by molar-refractivity contribution is -0.113. The fourth-order valence-corrected chi connectivity index (χ4v) is 10.5. The van der Waals surface area contributed by atoms with Gasteiger partial charge in [0.05, 0.1) is 12.2 Å². The van der Waals surface area contributed by atoms with E-state index in [1.807, 2.05) is 0 Å². The SMILES string of the molecule is CC(CCC=O)C12CCC3C4CCC5CC(O)CCC56CC46CC(O)C31C2. The van der Waals surface area contributed by atoms with Crippen molar-refractivity contribution in [2.24, 2.45) is 45.3 Å². The van der Waals surface area contributed by atoms with E-state index in [1.165, 1.54) is 44.9 Å². The number of fused-ring (bicyclic) bond motifs is 1. The largest absolute Gasteiger partial charge is 0.393 e. The monoisotopic (exact) mass is 372 g/mol. The predicted octanol–water partition coefficient (Wildman–Crippen LogP) is 4.10. The van der Waals surface area contributed by atoms with Gasteiger partial charge in [0.1, 0.15) is 6.29 Å². The van der Waals surface area contributed by atoms with Gasteiger partial charge in [-0.1, -0.05) is 6.92 Å². The van der Waals surface area contributed by atoms with E-state index >= 15 is 0 Å². The summed E-state index contributed by atoms with van der Waals surface area (Å²) in [5.74, 6) is 2.85. The van der Waals surface area contributed by atoms with Crippen LogP contribution in [0.3, 0.4) is 0 Å². The van der Waals surface area contributed by atoms with Crippen LogP contribution >= 0.6 is 0 Å². The van der Waals surface area contributed by atoms with Gasteiger partial charge in [0, 0.05) is 11.8 Å². The van der Waals surface area contributed by atoms with Gasteiger partial charge < -0.3 is 15.0 Å². The van der Waals surface area contributed by atoms with Crippen molar-refractivity contribution in [2.45, 2.75) is 96.2 Å². The van der Waals surface area contributed by atoms with Crippen LogP contribution in [0.2, 0.25) is 0 Å². The van der Waals surface area contributed by atoms with Crippen LogP contribution in [0.15, 0.2) is 0 Å². The van der Waals surface area contributed by atoms with Crippen molar-refractivity contribution in [3.8, 4) is 0 Å². The summed E-state index contributed by atoms with van der Waals surface area (Å²) in [6.07, 6.45) is 14.7. The summed E-state index contributed by atoms with van der Waals surface area (Å²) in [5, 5.41) is 21.8. The second kappa shape index (κ2) is 5.19. The number of rotatable bonds is 4. The molecule has 0 aromatic heterocycles. The highest BCUT2D eigenvalue weighted by molar-refractivity contribution is 5.49. The van der Waals surface area contributed by atoms with Crippen LogP contribution in [-0.4, -0.2) is 28.7 Å². The standard InChI is InChI=1S/C24H36O3/c1-15(3-2-10-25)21-9-7-19-18-5-4-16-11-17(26)6-8-22(16)13-23(18,22)12-20(27)24(19,21)14-21/h10,15-20,26-27H,2-9,11-14H2,1H3. The third kappa shape index (κ3) is 1.77. The maximum atomic E-state index is 11.6. The van der Waals surface area contributed by atoms with Crippen LogP contribution in [0, 0.1) is 45.3 Å². The summed E-state index contributed by atoms with van der Waals surface area (Å²) in [4.78, 5) is 10.9. The summed E-state index contributed by atoms with van der Waals surface area (Å²) in [5.41, 5.74) is 1.41. The molecule has 3 nitrogen and oxygen atoms in total. The molecule has 27 heavy (non-hydrogen) atoms. The van der Waals surface area contributed by atoms with Gasteiger partial charge in [0.15, 0.2) is 0 Å². The summed E-state index contributed by atoms with van der Waals surface area (Å²) in [6, 6.07) is 0. The van der Waals surface area contributed by atoms with E-state index in [-0.39, 0.29) is 17.6 Å². The van der Waals surface area contributed by atoms with Crippen molar-refractivity contribution in [2.75, 3.05) is 0 Å². The van der Waals surface area contributed by atoms with Crippen molar-refractivity contribution in [3.05, 3.63) is 0 Å². The maximum Gasteiger partial charge on any atom is 0.120 e. The molecule has 0 aliphatic heterocycles. The van der Waals surface area contributed by atoms with E-state index in [4.69, 9.17) is 0 Å². The molecule has 10 atom stereocenters. The minimum absolute atomic E-state index is 0.0732. The van der Waals surface area contributed by atoms with Gasteiger partial charge in [-0.15, -0.1) is 0 Å². The topological polar surface area (TPSA) is 57.5 Å². The van der Waals surface area contributed by atoms with E-state index < -0.39 is 0 Å². The van der Waals surface area contributed by atoms with Crippen molar-refractivity contribution in [1.82, 2.24) is 0 Å². The summed E-state index contributed by atoms with van der Waals surface area (Å²) in [7, 11) is 0. The van der Waals surface area contributed by atoms with Gasteiger partial charge in [-0.05, 0) is 111 Å². The van der Waals surface area contributed by atoms with Crippen LogP contribution < -0.4 is 0 Å². The number of aldehydes is 1. The Balaban J connectivity index is 1.31. The Morgan fingerprint density at radius 3 is 2.70 bits per heavy atom. The molecule has 6 aliphatic carbocycles. The minimum Gasteiger partial charge on any atom is -0.393 e. The fourth-order valence-electron chi connectivity index (χ4n) is 10.5. The zero-order chi connectivity index (χ0) is 18.7. The Hall–Kier alpha value is -0.410. The average Bonchev–Trinajstić information content (AvgIpc) is 3.48. The molecule has 3 heteroatoms. The molecule has 150 valence electrons. The molecule has 0 aromatic rings. The van der Waals surface area contributed by atoms with Crippen LogP contribution in [0.5, 0.6) is 0 Å². The second-order valence-corrected chi connectivity index (χ2v) is 11.7. The lowest BCUT2D eigenvalue weighted by atomic mass is 9.51. The van der Waals surface area contributed by atoms with Crippen LogP contribution in [0.25, 0.3) is 0 Å². The summed E-state index contributed by atoms with van der Waals surface area (Å²) in [6.45, 7) is 2.36. The molecule has 6 aliphatic rings. The van der Waals surface area contributed by atoms with Gasteiger partial charge >= 0.3 is 0 Å². The normalized spacial score (nSPS) is 60.9. The summed E-state index contributed by atoms with van der Waals surface area (Å²) >= 11 is 0. The molecule has 0 heterocycles. The predicted molar refractivity (Wildman–Crippen MR) is 103 cm³/mol. The fraction of sp³-hybridized carbons (Fsp3) is 0.958. The first kappa shape index (κ1) is 17.4. The molecule has 0 radical (unpaired) electrons. The molecular weight excluding hydrogens is 336 g/mol. The molecule has 0 aromatic carbocycles. The van der Waals surface area contributed by atoms with Crippen molar-refractivity contribution >= 4 is 6.29 Å². The molecule has 0 bridgehead atoms. The smallest absolute Gasteiger partial charge is 0.120 e. The highest BCUT2D eigenvalue weighted by Gasteiger charge is 2.86. The molecule has 2 N–H and O–H groups in total. The highest BCUT2D eigenvalue weighted by Crippen LogP contribution is 2.91. The molecule has 3 spiro atoms. The summed E-state index contributed by atoms with van der Waals surface area (Å²) < 4.78 is 0. The van der Waals surface area contributed by atoms with Gasteiger partial charge in [0.25, 0.3) is 0 Å². The van der Waals surface area contributed by atoms with Crippen LogP contribution in [-0.2, 0) is 4.79 Å². The number of carbonyl (C=O) groups is 1. The van der Waals surface area contributed by atoms with E-state index in [2.05, 4.69) is 6.92 Å². The lowest BCUT2D eigenvalue weighted by Crippen LogP contribution is -2.51. The first-order valence-corrected chi connectivity index (χ1v) is 11.8. The molecule has 0 saturated heterocycles. The molecule has 6 saturated carbocycles. The second-order valence-electron chi connectivity index (χ2n) is 11.7. The highest BCUT2D eigenvalue weighted by atomic mass is 16.3. The first-order valence-electron chi connectivity index (χ1n) is 11.8.